The molecule has 168 valence electrons. The summed E-state index contributed by atoms with van der Waals surface area (Å²) in [5.74, 6) is 0.722. The molecule has 1 atom stereocenters. The zero-order chi connectivity index (χ0) is 22.3. The van der Waals surface area contributed by atoms with E-state index in [1.165, 1.54) is 5.56 Å². The van der Waals surface area contributed by atoms with Crippen molar-refractivity contribution in [2.45, 2.75) is 31.7 Å². The third kappa shape index (κ3) is 5.19. The van der Waals surface area contributed by atoms with Crippen LogP contribution >= 0.6 is 0 Å². The topological polar surface area (TPSA) is 61.5 Å². The van der Waals surface area contributed by atoms with Gasteiger partial charge in [-0.3, -0.25) is 9.89 Å². The van der Waals surface area contributed by atoms with Gasteiger partial charge >= 0.3 is 0 Å². The molecule has 3 aromatic rings. The number of likely N-dealkylation sites (N-methyl/N-ethyl adjacent to an activating group) is 1. The Kier molecular flexibility index (Phi) is 7.22. The van der Waals surface area contributed by atoms with Gasteiger partial charge in [-0.25, -0.2) is 0 Å². The van der Waals surface area contributed by atoms with Crippen LogP contribution in [-0.2, 0) is 6.42 Å². The second-order valence-corrected chi connectivity index (χ2v) is 8.47. The van der Waals surface area contributed by atoms with Gasteiger partial charge in [0.2, 0.25) is 0 Å². The van der Waals surface area contributed by atoms with E-state index in [-0.39, 0.29) is 11.9 Å². The number of nitrogens with one attached hydrogen (secondary N) is 1. The van der Waals surface area contributed by atoms with E-state index in [0.717, 1.165) is 56.6 Å². The number of amides is 1. The number of piperidine rings is 1. The maximum absolute atomic E-state index is 13.2. The Morgan fingerprint density at radius 1 is 1.19 bits per heavy atom. The molecule has 1 aliphatic rings. The fourth-order valence-electron chi connectivity index (χ4n) is 4.48. The number of hydrogen-bond donors (Lipinski definition) is 1. The number of benzene rings is 2. The van der Waals surface area contributed by atoms with Crippen molar-refractivity contribution < 1.29 is 9.53 Å². The van der Waals surface area contributed by atoms with Gasteiger partial charge in [0.25, 0.3) is 5.91 Å². The standard InChI is InChI=1S/C26H32N4O2/c1-29(21-13-9-17-30(19-21)16-8-12-20-10-4-3-5-11-20)26(31)24-18-23(27-28-24)22-14-6-7-15-25(22)32-2/h3-7,10-11,14-15,18,21H,8-9,12-13,16-17,19H2,1-2H3,(H,27,28)/t21-/m0/s1. The Morgan fingerprint density at radius 3 is 2.78 bits per heavy atom. The van der Waals surface area contributed by atoms with Crippen LogP contribution in [0.25, 0.3) is 11.3 Å². The van der Waals surface area contributed by atoms with Gasteiger partial charge in [-0.2, -0.15) is 5.10 Å². The molecule has 1 saturated heterocycles. The normalized spacial score (nSPS) is 16.6. The number of rotatable bonds is 8. The number of aromatic amines is 1. The number of aryl methyl sites for hydroxylation is 1. The zero-order valence-corrected chi connectivity index (χ0v) is 19.0. The van der Waals surface area contributed by atoms with Crippen LogP contribution in [0.2, 0.25) is 0 Å². The van der Waals surface area contributed by atoms with Crippen LogP contribution in [0, 0.1) is 0 Å². The minimum absolute atomic E-state index is 0.0187. The number of para-hydroxylation sites is 1. The number of likely N-dealkylation sites (tertiary alicyclic amines) is 1. The third-order valence-electron chi connectivity index (χ3n) is 6.32. The zero-order valence-electron chi connectivity index (χ0n) is 19.0. The molecule has 1 N–H and O–H groups in total. The van der Waals surface area contributed by atoms with Crippen LogP contribution in [-0.4, -0.2) is 65.7 Å². The van der Waals surface area contributed by atoms with Crippen LogP contribution in [0.5, 0.6) is 5.75 Å². The molecule has 32 heavy (non-hydrogen) atoms. The molecule has 1 aliphatic heterocycles. The van der Waals surface area contributed by atoms with Gasteiger partial charge < -0.3 is 14.5 Å². The number of carbonyl (C=O) groups excluding carboxylic acids is 1. The van der Waals surface area contributed by atoms with E-state index >= 15 is 0 Å². The largest absolute Gasteiger partial charge is 0.496 e. The molecule has 2 heterocycles. The molecule has 0 bridgehead atoms. The van der Waals surface area contributed by atoms with Crippen LogP contribution < -0.4 is 4.74 Å². The summed E-state index contributed by atoms with van der Waals surface area (Å²) in [6.07, 6.45) is 4.38. The van der Waals surface area contributed by atoms with Crippen molar-refractivity contribution in [2.75, 3.05) is 33.8 Å². The Balaban J connectivity index is 1.34. The van der Waals surface area contributed by atoms with Gasteiger partial charge in [0.05, 0.1) is 12.8 Å². The summed E-state index contributed by atoms with van der Waals surface area (Å²) in [5.41, 5.74) is 3.48. The first-order valence-electron chi connectivity index (χ1n) is 11.4. The van der Waals surface area contributed by atoms with Crippen molar-refractivity contribution in [1.82, 2.24) is 20.0 Å². The highest BCUT2D eigenvalue weighted by atomic mass is 16.5. The molecule has 4 rings (SSSR count). The second-order valence-electron chi connectivity index (χ2n) is 8.47. The summed E-state index contributed by atoms with van der Waals surface area (Å²) >= 11 is 0. The molecular weight excluding hydrogens is 400 g/mol. The van der Waals surface area contributed by atoms with Gasteiger partial charge in [-0.05, 0) is 62.5 Å². The second kappa shape index (κ2) is 10.5. The maximum atomic E-state index is 13.2. The highest BCUT2D eigenvalue weighted by molar-refractivity contribution is 5.93. The van der Waals surface area contributed by atoms with E-state index in [2.05, 4.69) is 45.4 Å². The van der Waals surface area contributed by atoms with Crippen molar-refractivity contribution in [1.29, 1.82) is 0 Å². The van der Waals surface area contributed by atoms with Crippen molar-refractivity contribution in [3.05, 3.63) is 71.9 Å². The summed E-state index contributed by atoms with van der Waals surface area (Å²) in [6, 6.07) is 20.4. The van der Waals surface area contributed by atoms with Crippen LogP contribution in [0.15, 0.2) is 60.7 Å². The average Bonchev–Trinajstić information content (AvgIpc) is 3.34. The lowest BCUT2D eigenvalue weighted by Crippen LogP contribution is -2.48. The summed E-state index contributed by atoms with van der Waals surface area (Å²) in [7, 11) is 3.55. The average molecular weight is 433 g/mol. The van der Waals surface area contributed by atoms with Gasteiger partial charge in [-0.1, -0.05) is 42.5 Å². The van der Waals surface area contributed by atoms with Crippen LogP contribution in [0.1, 0.15) is 35.3 Å². The molecule has 1 fully saturated rings. The van der Waals surface area contributed by atoms with E-state index < -0.39 is 0 Å². The number of carbonyl (C=O) groups is 1. The number of ether oxygens (including phenoxy) is 1. The molecule has 0 spiro atoms. The van der Waals surface area contributed by atoms with Crippen molar-refractivity contribution in [3.8, 4) is 17.0 Å². The molecule has 1 amide bonds. The fourth-order valence-corrected chi connectivity index (χ4v) is 4.48. The number of nitrogens with zero attached hydrogens (tertiary/aromatic N) is 3. The molecule has 2 aromatic carbocycles. The van der Waals surface area contributed by atoms with Gasteiger partial charge in [0.1, 0.15) is 11.4 Å². The number of hydrogen-bond acceptors (Lipinski definition) is 4. The van der Waals surface area contributed by atoms with Crippen molar-refractivity contribution >= 4 is 5.91 Å². The summed E-state index contributed by atoms with van der Waals surface area (Å²) in [5, 5.41) is 7.29. The van der Waals surface area contributed by atoms with E-state index in [9.17, 15) is 4.79 Å². The van der Waals surface area contributed by atoms with E-state index in [1.807, 2.05) is 42.3 Å². The highest BCUT2D eigenvalue weighted by Crippen LogP contribution is 2.28. The molecule has 0 aliphatic carbocycles. The van der Waals surface area contributed by atoms with Crippen molar-refractivity contribution in [3.63, 3.8) is 0 Å². The number of methoxy groups -OCH3 is 1. The molecule has 0 saturated carbocycles. The molecule has 0 radical (unpaired) electrons. The maximum Gasteiger partial charge on any atom is 0.271 e. The Hall–Kier alpha value is -3.12. The number of H-pyrrole nitrogens is 1. The van der Waals surface area contributed by atoms with Gasteiger partial charge in [0, 0.05) is 25.2 Å². The molecular formula is C26H32N4O2. The first-order chi connectivity index (χ1) is 15.7. The molecule has 6 nitrogen and oxygen atoms in total. The monoisotopic (exact) mass is 432 g/mol. The highest BCUT2D eigenvalue weighted by Gasteiger charge is 2.27. The SMILES string of the molecule is COc1ccccc1-c1cc(C(=O)N(C)[C@H]2CCCN(CCCc3ccccc3)C2)[nH]n1. The molecule has 6 heteroatoms. The summed E-state index contributed by atoms with van der Waals surface area (Å²) in [4.78, 5) is 17.5. The van der Waals surface area contributed by atoms with Crippen LogP contribution in [0.4, 0.5) is 0 Å². The minimum Gasteiger partial charge on any atom is -0.496 e. The first kappa shape index (κ1) is 22.1. The summed E-state index contributed by atoms with van der Waals surface area (Å²) < 4.78 is 5.43. The summed E-state index contributed by atoms with van der Waals surface area (Å²) in [6.45, 7) is 3.09. The van der Waals surface area contributed by atoms with E-state index in [4.69, 9.17) is 4.74 Å². The van der Waals surface area contributed by atoms with Gasteiger partial charge in [0.15, 0.2) is 0 Å². The fraction of sp³-hybridized carbons (Fsp3) is 0.385. The Labute approximate surface area is 190 Å². The van der Waals surface area contributed by atoms with E-state index in [1.54, 1.807) is 7.11 Å². The minimum atomic E-state index is -0.0187. The quantitative estimate of drug-likeness (QED) is 0.578. The predicted molar refractivity (Wildman–Crippen MR) is 127 cm³/mol. The third-order valence-corrected chi connectivity index (χ3v) is 6.32. The smallest absolute Gasteiger partial charge is 0.271 e. The van der Waals surface area contributed by atoms with Crippen LogP contribution in [0.3, 0.4) is 0 Å². The Morgan fingerprint density at radius 2 is 1.97 bits per heavy atom. The molecule has 0 unspecified atom stereocenters. The van der Waals surface area contributed by atoms with Crippen molar-refractivity contribution in [2.24, 2.45) is 0 Å². The lowest BCUT2D eigenvalue weighted by Gasteiger charge is -2.37. The molecule has 1 aromatic heterocycles. The predicted octanol–water partition coefficient (Wildman–Crippen LogP) is 4.25. The lowest BCUT2D eigenvalue weighted by molar-refractivity contribution is 0.0611. The first-order valence-corrected chi connectivity index (χ1v) is 11.4. The number of aromatic nitrogens is 2. The van der Waals surface area contributed by atoms with Gasteiger partial charge in [-0.15, -0.1) is 0 Å². The Bertz CT molecular complexity index is 1020. The lowest BCUT2D eigenvalue weighted by atomic mass is 10.0. The van der Waals surface area contributed by atoms with E-state index in [0.29, 0.717) is 11.4 Å².